The maximum absolute atomic E-state index is 11.7. The summed E-state index contributed by atoms with van der Waals surface area (Å²) in [6.45, 7) is 2.53. The third kappa shape index (κ3) is 3.18. The molecule has 19 heavy (non-hydrogen) atoms. The molecule has 0 unspecified atom stereocenters. The average Bonchev–Trinajstić information content (AvgIpc) is 2.87. The van der Waals surface area contributed by atoms with Gasteiger partial charge in [0.1, 0.15) is 5.52 Å². The summed E-state index contributed by atoms with van der Waals surface area (Å²) in [5, 5.41) is 2.81. The predicted octanol–water partition coefficient (Wildman–Crippen LogP) is 2.12. The van der Waals surface area contributed by atoms with Crippen molar-refractivity contribution in [3.05, 3.63) is 24.1 Å². The topological polar surface area (TPSA) is 93.2 Å². The minimum atomic E-state index is -0.268. The number of aryl methyl sites for hydroxylation is 1. The van der Waals surface area contributed by atoms with E-state index in [1.54, 1.807) is 6.07 Å². The molecule has 0 aliphatic rings. The maximum Gasteiger partial charge on any atom is 0.329 e. The van der Waals surface area contributed by atoms with Crippen molar-refractivity contribution in [2.45, 2.75) is 13.3 Å². The molecule has 1 aromatic carbocycles. The van der Waals surface area contributed by atoms with E-state index in [0.29, 0.717) is 12.3 Å². The summed E-state index contributed by atoms with van der Waals surface area (Å²) in [6.07, 6.45) is 2.17. The van der Waals surface area contributed by atoms with Gasteiger partial charge in [-0.15, -0.1) is 0 Å². The van der Waals surface area contributed by atoms with Gasteiger partial charge in [-0.25, -0.2) is 9.78 Å². The van der Waals surface area contributed by atoms with E-state index in [9.17, 15) is 4.79 Å². The Kier molecular flexibility index (Phi) is 4.64. The largest absolute Gasteiger partial charge is 0.443 e. The Hall–Kier alpha value is -1.73. The number of fused-ring (bicyclic) bond motifs is 1. The number of nitrogens with one attached hydrogen (secondary N) is 2. The first kappa shape index (κ1) is 13.7. The van der Waals surface area contributed by atoms with Crippen LogP contribution in [0, 0.1) is 0 Å². The number of carbonyl (C=O) groups is 1. The standard InChI is InChI=1S/C12H16N4O2S/c1-2-8-9(15-12(17)16-19-6-5-13)3-4-10-11(8)14-7-18-10/h3-4,7H,2,5-6,13H2,1H3,(H2,15,16,17). The average molecular weight is 280 g/mol. The quantitative estimate of drug-likeness (QED) is 0.576. The molecular formula is C12H16N4O2S. The Morgan fingerprint density at radius 2 is 2.37 bits per heavy atom. The van der Waals surface area contributed by atoms with Crippen LogP contribution < -0.4 is 15.8 Å². The van der Waals surface area contributed by atoms with E-state index >= 15 is 0 Å². The highest BCUT2D eigenvalue weighted by molar-refractivity contribution is 7.97. The van der Waals surface area contributed by atoms with Crippen LogP contribution in [0.5, 0.6) is 0 Å². The van der Waals surface area contributed by atoms with Crippen LogP contribution in [0.25, 0.3) is 11.1 Å². The molecule has 4 N–H and O–H groups in total. The number of benzene rings is 1. The molecule has 0 saturated heterocycles. The summed E-state index contributed by atoms with van der Waals surface area (Å²) in [5.74, 6) is 0.677. The molecule has 102 valence electrons. The second-order valence-electron chi connectivity index (χ2n) is 3.84. The highest BCUT2D eigenvalue weighted by Gasteiger charge is 2.11. The smallest absolute Gasteiger partial charge is 0.329 e. The SMILES string of the molecule is CCc1c(NC(=O)NSCCN)ccc2ocnc12. The van der Waals surface area contributed by atoms with Crippen LogP contribution in [-0.2, 0) is 6.42 Å². The van der Waals surface area contributed by atoms with Gasteiger partial charge in [-0.1, -0.05) is 6.92 Å². The van der Waals surface area contributed by atoms with Gasteiger partial charge in [0.15, 0.2) is 12.0 Å². The highest BCUT2D eigenvalue weighted by atomic mass is 32.2. The molecule has 2 amide bonds. The molecule has 0 spiro atoms. The van der Waals surface area contributed by atoms with Crippen molar-refractivity contribution < 1.29 is 9.21 Å². The van der Waals surface area contributed by atoms with Crippen molar-refractivity contribution >= 4 is 34.8 Å². The summed E-state index contributed by atoms with van der Waals surface area (Å²) in [4.78, 5) is 15.9. The molecule has 6 nitrogen and oxygen atoms in total. The molecule has 1 aromatic heterocycles. The molecule has 0 fully saturated rings. The second-order valence-corrected chi connectivity index (χ2v) is 4.74. The third-order valence-electron chi connectivity index (χ3n) is 2.59. The number of hydrogen-bond donors (Lipinski definition) is 3. The van der Waals surface area contributed by atoms with E-state index in [-0.39, 0.29) is 6.03 Å². The van der Waals surface area contributed by atoms with Crippen LogP contribution in [0.4, 0.5) is 10.5 Å². The van der Waals surface area contributed by atoms with Crippen molar-refractivity contribution in [1.82, 2.24) is 9.71 Å². The molecule has 0 atom stereocenters. The molecule has 0 bridgehead atoms. The summed E-state index contributed by atoms with van der Waals surface area (Å²) in [6, 6.07) is 3.35. The van der Waals surface area contributed by atoms with Gasteiger partial charge >= 0.3 is 6.03 Å². The lowest BCUT2D eigenvalue weighted by Crippen LogP contribution is -2.24. The molecular weight excluding hydrogens is 264 g/mol. The number of aromatic nitrogens is 1. The Labute approximate surface area is 115 Å². The monoisotopic (exact) mass is 280 g/mol. The fraction of sp³-hybridized carbons (Fsp3) is 0.333. The molecule has 1 heterocycles. The lowest BCUT2D eigenvalue weighted by molar-refractivity contribution is 0.257. The zero-order valence-electron chi connectivity index (χ0n) is 10.6. The number of rotatable bonds is 5. The molecule has 0 saturated carbocycles. The number of oxazole rings is 1. The van der Waals surface area contributed by atoms with E-state index in [2.05, 4.69) is 15.0 Å². The second kappa shape index (κ2) is 6.44. The number of hydrogen-bond acceptors (Lipinski definition) is 5. The molecule has 7 heteroatoms. The van der Waals surface area contributed by atoms with Crippen molar-refractivity contribution in [2.24, 2.45) is 5.73 Å². The minimum Gasteiger partial charge on any atom is -0.443 e. The maximum atomic E-state index is 11.7. The fourth-order valence-corrected chi connectivity index (χ4v) is 2.19. The number of nitrogens with two attached hydrogens (primary N) is 1. The molecule has 0 aliphatic carbocycles. The fourth-order valence-electron chi connectivity index (χ4n) is 1.79. The van der Waals surface area contributed by atoms with E-state index in [4.69, 9.17) is 10.2 Å². The number of urea groups is 1. The predicted molar refractivity (Wildman–Crippen MR) is 77.1 cm³/mol. The first-order valence-electron chi connectivity index (χ1n) is 6.00. The normalized spacial score (nSPS) is 10.6. The van der Waals surface area contributed by atoms with Crippen LogP contribution in [0.3, 0.4) is 0 Å². The zero-order valence-corrected chi connectivity index (χ0v) is 11.4. The Morgan fingerprint density at radius 3 is 3.11 bits per heavy atom. The van der Waals surface area contributed by atoms with E-state index < -0.39 is 0 Å². The first-order valence-corrected chi connectivity index (χ1v) is 6.98. The van der Waals surface area contributed by atoms with Gasteiger partial charge in [0.2, 0.25) is 0 Å². The van der Waals surface area contributed by atoms with Crippen LogP contribution in [-0.4, -0.2) is 23.3 Å². The van der Waals surface area contributed by atoms with Gasteiger partial charge < -0.3 is 15.5 Å². The van der Waals surface area contributed by atoms with E-state index in [1.165, 1.54) is 18.3 Å². The van der Waals surface area contributed by atoms with Gasteiger partial charge in [0.05, 0.1) is 0 Å². The summed E-state index contributed by atoms with van der Waals surface area (Å²) in [7, 11) is 0. The first-order chi connectivity index (χ1) is 9.26. The molecule has 2 aromatic rings. The Balaban J connectivity index is 2.13. The third-order valence-corrected chi connectivity index (χ3v) is 3.36. The van der Waals surface area contributed by atoms with Crippen molar-refractivity contribution in [3.8, 4) is 0 Å². The van der Waals surface area contributed by atoms with Crippen molar-refractivity contribution in [3.63, 3.8) is 0 Å². The molecule has 0 radical (unpaired) electrons. The van der Waals surface area contributed by atoms with Crippen LogP contribution in [0.1, 0.15) is 12.5 Å². The van der Waals surface area contributed by atoms with Gasteiger partial charge in [-0.05, 0) is 30.5 Å². The van der Waals surface area contributed by atoms with Gasteiger partial charge in [0, 0.05) is 23.5 Å². The van der Waals surface area contributed by atoms with Gasteiger partial charge in [-0.3, -0.25) is 4.72 Å². The van der Waals surface area contributed by atoms with Crippen molar-refractivity contribution in [2.75, 3.05) is 17.6 Å². The minimum absolute atomic E-state index is 0.268. The number of anilines is 1. The number of nitrogens with zero attached hydrogens (tertiary/aromatic N) is 1. The van der Waals surface area contributed by atoms with Crippen molar-refractivity contribution in [1.29, 1.82) is 0 Å². The summed E-state index contributed by atoms with van der Waals surface area (Å²) in [5.41, 5.74) is 8.57. The Bertz CT molecular complexity index is 570. The summed E-state index contributed by atoms with van der Waals surface area (Å²) < 4.78 is 7.91. The highest BCUT2D eigenvalue weighted by Crippen LogP contribution is 2.25. The summed E-state index contributed by atoms with van der Waals surface area (Å²) >= 11 is 1.28. The van der Waals surface area contributed by atoms with E-state index in [1.807, 2.05) is 13.0 Å². The molecule has 2 rings (SSSR count). The van der Waals surface area contributed by atoms with Gasteiger partial charge in [-0.2, -0.15) is 0 Å². The van der Waals surface area contributed by atoms with Crippen LogP contribution in [0.15, 0.2) is 22.9 Å². The lowest BCUT2D eigenvalue weighted by atomic mass is 10.1. The van der Waals surface area contributed by atoms with Crippen LogP contribution >= 0.6 is 11.9 Å². The number of amides is 2. The Morgan fingerprint density at radius 1 is 1.53 bits per heavy atom. The zero-order chi connectivity index (χ0) is 13.7. The molecule has 0 aliphatic heterocycles. The van der Waals surface area contributed by atoms with Gasteiger partial charge in [0.25, 0.3) is 0 Å². The van der Waals surface area contributed by atoms with E-state index in [0.717, 1.165) is 28.8 Å². The van der Waals surface area contributed by atoms with Crippen LogP contribution in [0.2, 0.25) is 0 Å². The lowest BCUT2D eigenvalue weighted by Gasteiger charge is -2.10. The number of carbonyl (C=O) groups excluding carboxylic acids is 1.